The van der Waals surface area contributed by atoms with E-state index in [0.717, 1.165) is 6.07 Å². The van der Waals surface area contributed by atoms with Crippen molar-refractivity contribution >= 4 is 39.5 Å². The van der Waals surface area contributed by atoms with Crippen molar-refractivity contribution < 1.29 is 22.8 Å². The van der Waals surface area contributed by atoms with Crippen molar-refractivity contribution in [3.8, 4) is 16.9 Å². The summed E-state index contributed by atoms with van der Waals surface area (Å²) in [5.41, 5.74) is -0.764. The Morgan fingerprint density at radius 2 is 1.67 bits per heavy atom. The van der Waals surface area contributed by atoms with Crippen LogP contribution >= 0.6 is 11.6 Å². The molecule has 5 rings (SSSR count). The van der Waals surface area contributed by atoms with Crippen LogP contribution in [0.4, 0.5) is 4.39 Å². The first kappa shape index (κ1) is 20.7. The maximum atomic E-state index is 13.9. The number of halogens is 2. The molecule has 33 heavy (non-hydrogen) atoms. The minimum absolute atomic E-state index is 0.0355. The standard InChI is InChI=1S/C25H12ClFO6/c26-14-5-8-21-13(9-14)10-19(25(30)33-21)18-12-23(28)32-22-11-15(6-7-16(18)22)31-24(29)17-3-1-2-4-20(17)27/h1-12H. The number of fused-ring (bicyclic) bond motifs is 2. The Labute approximate surface area is 189 Å². The van der Waals surface area contributed by atoms with E-state index in [0.29, 0.717) is 21.4 Å². The van der Waals surface area contributed by atoms with E-state index in [9.17, 15) is 18.8 Å². The minimum atomic E-state index is -0.905. The Hall–Kier alpha value is -4.23. The summed E-state index contributed by atoms with van der Waals surface area (Å²) in [5.74, 6) is -1.59. The molecule has 2 aromatic heterocycles. The van der Waals surface area contributed by atoms with Crippen LogP contribution in [0.15, 0.2) is 91.2 Å². The Morgan fingerprint density at radius 1 is 0.848 bits per heavy atom. The number of ether oxygens (including phenoxy) is 1. The summed E-state index contributed by atoms with van der Waals surface area (Å²) in [5, 5.41) is 1.45. The van der Waals surface area contributed by atoms with Gasteiger partial charge in [0, 0.05) is 33.5 Å². The molecule has 0 bridgehead atoms. The fourth-order valence-corrected chi connectivity index (χ4v) is 3.68. The van der Waals surface area contributed by atoms with Gasteiger partial charge in [-0.3, -0.25) is 0 Å². The zero-order valence-electron chi connectivity index (χ0n) is 16.6. The van der Waals surface area contributed by atoms with Crippen molar-refractivity contribution in [3.05, 3.63) is 110 Å². The topological polar surface area (TPSA) is 86.7 Å². The van der Waals surface area contributed by atoms with E-state index in [1.165, 1.54) is 42.5 Å². The molecule has 0 saturated carbocycles. The summed E-state index contributed by atoms with van der Waals surface area (Å²) < 4.78 is 29.7. The van der Waals surface area contributed by atoms with Gasteiger partial charge < -0.3 is 13.6 Å². The highest BCUT2D eigenvalue weighted by molar-refractivity contribution is 6.31. The second kappa shape index (κ2) is 8.03. The molecule has 5 aromatic rings. The molecule has 0 aliphatic heterocycles. The predicted molar refractivity (Wildman–Crippen MR) is 120 cm³/mol. The van der Waals surface area contributed by atoms with Crippen molar-refractivity contribution in [1.29, 1.82) is 0 Å². The number of esters is 1. The van der Waals surface area contributed by atoms with Gasteiger partial charge in [-0.1, -0.05) is 23.7 Å². The molecule has 162 valence electrons. The molecule has 0 aliphatic rings. The number of carbonyl (C=O) groups excluding carboxylic acids is 1. The van der Waals surface area contributed by atoms with Gasteiger partial charge >= 0.3 is 17.2 Å². The van der Waals surface area contributed by atoms with Crippen LogP contribution in [0.1, 0.15) is 10.4 Å². The SMILES string of the molecule is O=C(Oc1ccc2c(-c3cc4cc(Cl)ccc4oc3=O)cc(=O)oc2c1)c1ccccc1F. The maximum absolute atomic E-state index is 13.9. The molecular weight excluding hydrogens is 451 g/mol. The maximum Gasteiger partial charge on any atom is 0.346 e. The lowest BCUT2D eigenvalue weighted by atomic mass is 10.0. The van der Waals surface area contributed by atoms with Gasteiger partial charge in [0.1, 0.15) is 22.7 Å². The van der Waals surface area contributed by atoms with Gasteiger partial charge in [0.25, 0.3) is 0 Å². The smallest absolute Gasteiger partial charge is 0.346 e. The Kier molecular flexibility index (Phi) is 5.03. The average Bonchev–Trinajstić information content (AvgIpc) is 2.78. The molecule has 8 heteroatoms. The number of carbonyl (C=O) groups is 1. The van der Waals surface area contributed by atoms with Gasteiger partial charge in [0.15, 0.2) is 0 Å². The van der Waals surface area contributed by atoms with Crippen molar-refractivity contribution in [2.75, 3.05) is 0 Å². The fraction of sp³-hybridized carbons (Fsp3) is 0. The highest BCUT2D eigenvalue weighted by atomic mass is 35.5. The highest BCUT2D eigenvalue weighted by Gasteiger charge is 2.17. The first-order chi connectivity index (χ1) is 15.9. The van der Waals surface area contributed by atoms with E-state index in [1.807, 2.05) is 0 Å². The molecule has 0 amide bonds. The number of hydrogen-bond donors (Lipinski definition) is 0. The Balaban J connectivity index is 1.61. The zero-order chi connectivity index (χ0) is 23.1. The molecule has 0 radical (unpaired) electrons. The number of rotatable bonds is 3. The summed E-state index contributed by atoms with van der Waals surface area (Å²) in [6, 6.07) is 17.3. The summed E-state index contributed by atoms with van der Waals surface area (Å²) >= 11 is 6.04. The quantitative estimate of drug-likeness (QED) is 0.198. The van der Waals surface area contributed by atoms with Crippen LogP contribution in [-0.4, -0.2) is 5.97 Å². The normalized spacial score (nSPS) is 11.1. The molecule has 0 aliphatic carbocycles. The van der Waals surface area contributed by atoms with Crippen LogP contribution in [0.3, 0.4) is 0 Å². The van der Waals surface area contributed by atoms with E-state index in [4.69, 9.17) is 25.2 Å². The molecule has 0 fully saturated rings. The molecular formula is C25H12ClFO6. The molecule has 0 atom stereocenters. The first-order valence-corrected chi connectivity index (χ1v) is 10.1. The van der Waals surface area contributed by atoms with Crippen molar-refractivity contribution in [1.82, 2.24) is 0 Å². The second-order valence-electron chi connectivity index (χ2n) is 7.14. The van der Waals surface area contributed by atoms with Gasteiger partial charge in [-0.2, -0.15) is 0 Å². The van der Waals surface area contributed by atoms with Crippen LogP contribution in [0.2, 0.25) is 5.02 Å². The van der Waals surface area contributed by atoms with E-state index >= 15 is 0 Å². The number of hydrogen-bond acceptors (Lipinski definition) is 6. The zero-order valence-corrected chi connectivity index (χ0v) is 17.4. The van der Waals surface area contributed by atoms with Crippen molar-refractivity contribution in [3.63, 3.8) is 0 Å². The molecule has 0 spiro atoms. The molecule has 0 N–H and O–H groups in total. The van der Waals surface area contributed by atoms with Gasteiger partial charge in [0.05, 0.1) is 11.1 Å². The van der Waals surface area contributed by atoms with E-state index in [2.05, 4.69) is 0 Å². The molecule has 3 aromatic carbocycles. The average molecular weight is 463 g/mol. The van der Waals surface area contributed by atoms with Gasteiger partial charge in [-0.05, 0) is 48.5 Å². The third-order valence-electron chi connectivity index (χ3n) is 5.00. The highest BCUT2D eigenvalue weighted by Crippen LogP contribution is 2.30. The molecule has 6 nitrogen and oxygen atoms in total. The van der Waals surface area contributed by atoms with E-state index < -0.39 is 23.0 Å². The monoisotopic (exact) mass is 462 g/mol. The van der Waals surface area contributed by atoms with Crippen molar-refractivity contribution in [2.45, 2.75) is 0 Å². The summed E-state index contributed by atoms with van der Waals surface area (Å²) in [6.07, 6.45) is 0. The predicted octanol–water partition coefficient (Wildman–Crippen LogP) is 5.58. The lowest BCUT2D eigenvalue weighted by molar-refractivity contribution is 0.0730. The Bertz CT molecular complexity index is 1680. The van der Waals surface area contributed by atoms with Gasteiger partial charge in [0.2, 0.25) is 0 Å². The fourth-order valence-electron chi connectivity index (χ4n) is 3.50. The van der Waals surface area contributed by atoms with Crippen LogP contribution in [-0.2, 0) is 0 Å². The summed E-state index contributed by atoms with van der Waals surface area (Å²) in [4.78, 5) is 37.2. The van der Waals surface area contributed by atoms with Crippen LogP contribution < -0.4 is 16.0 Å². The lowest BCUT2D eigenvalue weighted by Crippen LogP contribution is -2.10. The second-order valence-corrected chi connectivity index (χ2v) is 7.57. The van der Waals surface area contributed by atoms with Crippen molar-refractivity contribution in [2.24, 2.45) is 0 Å². The largest absolute Gasteiger partial charge is 0.423 e. The summed E-state index contributed by atoms with van der Waals surface area (Å²) in [6.45, 7) is 0. The van der Waals surface area contributed by atoms with Crippen LogP contribution in [0.5, 0.6) is 5.75 Å². The third-order valence-corrected chi connectivity index (χ3v) is 5.24. The van der Waals surface area contributed by atoms with Crippen LogP contribution in [0.25, 0.3) is 33.1 Å². The van der Waals surface area contributed by atoms with Crippen LogP contribution in [0, 0.1) is 5.82 Å². The Morgan fingerprint density at radius 3 is 2.48 bits per heavy atom. The van der Waals surface area contributed by atoms with Gasteiger partial charge in [-0.25, -0.2) is 18.8 Å². The van der Waals surface area contributed by atoms with E-state index in [-0.39, 0.29) is 28.0 Å². The first-order valence-electron chi connectivity index (χ1n) is 9.67. The minimum Gasteiger partial charge on any atom is -0.423 e. The summed E-state index contributed by atoms with van der Waals surface area (Å²) in [7, 11) is 0. The number of benzene rings is 3. The third kappa shape index (κ3) is 3.90. The lowest BCUT2D eigenvalue weighted by Gasteiger charge is -2.09. The van der Waals surface area contributed by atoms with E-state index in [1.54, 1.807) is 24.3 Å². The van der Waals surface area contributed by atoms with Gasteiger partial charge in [-0.15, -0.1) is 0 Å². The molecule has 2 heterocycles. The molecule has 0 unspecified atom stereocenters. The molecule has 0 saturated heterocycles.